The van der Waals surface area contributed by atoms with Gasteiger partial charge in [0.15, 0.2) is 0 Å². The first-order valence-corrected chi connectivity index (χ1v) is 9.48. The molecule has 0 unspecified atom stereocenters. The van der Waals surface area contributed by atoms with Gasteiger partial charge in [-0.3, -0.25) is 9.59 Å². The predicted molar refractivity (Wildman–Crippen MR) is 109 cm³/mol. The number of unbranched alkanes of at least 4 members (excludes halogenated alkanes) is 1. The Morgan fingerprint density at radius 1 is 1.10 bits per heavy atom. The molecule has 150 valence electrons. The molecule has 8 nitrogen and oxygen atoms in total. The lowest BCUT2D eigenvalue weighted by atomic mass is 10.2. The summed E-state index contributed by atoms with van der Waals surface area (Å²) in [5.41, 5.74) is 1.22. The average Bonchev–Trinajstić information content (AvgIpc) is 2.74. The number of aromatic nitrogens is 3. The van der Waals surface area contributed by atoms with Crippen molar-refractivity contribution in [2.45, 2.75) is 32.7 Å². The van der Waals surface area contributed by atoms with Gasteiger partial charge in [0, 0.05) is 12.1 Å². The quantitative estimate of drug-likeness (QED) is 0.465. The van der Waals surface area contributed by atoms with Crippen LogP contribution in [0.15, 0.2) is 53.3 Å². The number of aryl methyl sites for hydroxylation is 1. The van der Waals surface area contributed by atoms with Crippen LogP contribution >= 0.6 is 0 Å². The lowest BCUT2D eigenvalue weighted by Crippen LogP contribution is -2.26. The summed E-state index contributed by atoms with van der Waals surface area (Å²) < 4.78 is 6.33. The number of carbonyl (C=O) groups is 2. The van der Waals surface area contributed by atoms with Crippen LogP contribution in [0.5, 0.6) is 0 Å². The summed E-state index contributed by atoms with van der Waals surface area (Å²) in [4.78, 5) is 36.5. The number of hydrogen-bond donors (Lipinski definition) is 1. The normalized spacial score (nSPS) is 10.7. The van der Waals surface area contributed by atoms with E-state index in [2.05, 4.69) is 15.6 Å². The summed E-state index contributed by atoms with van der Waals surface area (Å²) in [6, 6.07) is 13.4. The number of fused-ring (bicyclic) bond motifs is 1. The van der Waals surface area contributed by atoms with Crippen LogP contribution < -0.4 is 10.9 Å². The molecule has 0 spiro atoms. The number of esters is 1. The molecule has 29 heavy (non-hydrogen) atoms. The van der Waals surface area contributed by atoms with Gasteiger partial charge in [-0.15, -0.1) is 5.10 Å². The van der Waals surface area contributed by atoms with Crippen LogP contribution in [0.3, 0.4) is 0 Å². The molecule has 0 radical (unpaired) electrons. The highest BCUT2D eigenvalue weighted by Gasteiger charge is 2.10. The van der Waals surface area contributed by atoms with Crippen LogP contribution in [0.4, 0.5) is 5.69 Å². The number of amides is 1. The lowest BCUT2D eigenvalue weighted by Gasteiger charge is -2.08. The molecule has 0 aliphatic rings. The van der Waals surface area contributed by atoms with Crippen molar-refractivity contribution < 1.29 is 14.3 Å². The van der Waals surface area contributed by atoms with Gasteiger partial charge >= 0.3 is 5.97 Å². The second-order valence-corrected chi connectivity index (χ2v) is 6.50. The Hall–Kier alpha value is -3.55. The van der Waals surface area contributed by atoms with E-state index < -0.39 is 0 Å². The predicted octanol–water partition coefficient (Wildman–Crippen LogP) is 2.78. The summed E-state index contributed by atoms with van der Waals surface area (Å²) in [6.45, 7) is 2.53. The molecule has 0 saturated heterocycles. The fraction of sp³-hybridized carbons (Fsp3) is 0.286. The zero-order valence-electron chi connectivity index (χ0n) is 16.1. The molecule has 1 amide bonds. The first-order chi connectivity index (χ1) is 14.1. The average molecular weight is 394 g/mol. The summed E-state index contributed by atoms with van der Waals surface area (Å²) in [5, 5.41) is 11.1. The summed E-state index contributed by atoms with van der Waals surface area (Å²) in [6.07, 6.45) is 1.84. The van der Waals surface area contributed by atoms with Gasteiger partial charge in [-0.2, -0.15) is 0 Å². The fourth-order valence-electron chi connectivity index (χ4n) is 2.68. The zero-order chi connectivity index (χ0) is 20.6. The van der Waals surface area contributed by atoms with E-state index in [0.717, 1.165) is 12.8 Å². The SMILES string of the molecule is CCCCOC(=O)c1ccc(NC(=O)CCn2nnc3ccccc3c2=O)cc1. The van der Waals surface area contributed by atoms with Crippen molar-refractivity contribution in [3.63, 3.8) is 0 Å². The molecule has 0 bridgehead atoms. The smallest absolute Gasteiger partial charge is 0.338 e. The van der Waals surface area contributed by atoms with E-state index in [9.17, 15) is 14.4 Å². The summed E-state index contributed by atoms with van der Waals surface area (Å²) in [7, 11) is 0. The molecule has 0 fully saturated rings. The van der Waals surface area contributed by atoms with Crippen molar-refractivity contribution >= 4 is 28.5 Å². The minimum Gasteiger partial charge on any atom is -0.462 e. The second kappa shape index (κ2) is 9.59. The Morgan fingerprint density at radius 3 is 2.62 bits per heavy atom. The van der Waals surface area contributed by atoms with Gasteiger partial charge in [0.25, 0.3) is 5.56 Å². The first kappa shape index (κ1) is 20.2. The third-order valence-corrected chi connectivity index (χ3v) is 4.32. The van der Waals surface area contributed by atoms with E-state index in [-0.39, 0.29) is 30.4 Å². The fourth-order valence-corrected chi connectivity index (χ4v) is 2.68. The molecule has 0 aliphatic heterocycles. The minimum absolute atomic E-state index is 0.0632. The molecular formula is C21H22N4O4. The van der Waals surface area contributed by atoms with Crippen LogP contribution in [0, 0.1) is 0 Å². The molecule has 3 rings (SSSR count). The van der Waals surface area contributed by atoms with Crippen molar-refractivity contribution in [2.24, 2.45) is 0 Å². The van der Waals surface area contributed by atoms with Gasteiger partial charge in [-0.05, 0) is 42.8 Å². The van der Waals surface area contributed by atoms with E-state index in [1.54, 1.807) is 48.5 Å². The van der Waals surface area contributed by atoms with Gasteiger partial charge in [0.05, 0.1) is 24.1 Å². The molecule has 1 heterocycles. The Bertz CT molecular complexity index is 1060. The van der Waals surface area contributed by atoms with E-state index in [1.807, 2.05) is 6.92 Å². The standard InChI is InChI=1S/C21H22N4O4/c1-2-3-14-29-21(28)15-8-10-16(11-9-15)22-19(26)12-13-25-20(27)17-6-4-5-7-18(17)23-24-25/h4-11H,2-3,12-14H2,1H3,(H,22,26). The van der Waals surface area contributed by atoms with E-state index in [4.69, 9.17) is 4.74 Å². The summed E-state index contributed by atoms with van der Waals surface area (Å²) in [5.74, 6) is -0.657. The first-order valence-electron chi connectivity index (χ1n) is 9.48. The Labute approximate surface area is 167 Å². The van der Waals surface area contributed by atoms with Crippen LogP contribution in [-0.4, -0.2) is 33.5 Å². The van der Waals surface area contributed by atoms with Gasteiger partial charge in [-0.25, -0.2) is 9.48 Å². The second-order valence-electron chi connectivity index (χ2n) is 6.50. The maximum absolute atomic E-state index is 12.4. The zero-order valence-corrected chi connectivity index (χ0v) is 16.1. The minimum atomic E-state index is -0.384. The molecular weight excluding hydrogens is 372 g/mol. The Morgan fingerprint density at radius 2 is 1.86 bits per heavy atom. The number of hydrogen-bond acceptors (Lipinski definition) is 6. The topological polar surface area (TPSA) is 103 Å². The molecule has 2 aromatic carbocycles. The molecule has 0 saturated carbocycles. The van der Waals surface area contributed by atoms with E-state index in [1.165, 1.54) is 4.68 Å². The molecule has 0 aliphatic carbocycles. The third kappa shape index (κ3) is 5.25. The molecule has 0 atom stereocenters. The molecule has 1 aromatic heterocycles. The van der Waals surface area contributed by atoms with Crippen molar-refractivity contribution in [3.8, 4) is 0 Å². The Balaban J connectivity index is 1.55. The van der Waals surface area contributed by atoms with Crippen molar-refractivity contribution in [1.82, 2.24) is 15.0 Å². The maximum Gasteiger partial charge on any atom is 0.338 e. The van der Waals surface area contributed by atoms with Crippen LogP contribution in [-0.2, 0) is 16.1 Å². The van der Waals surface area contributed by atoms with Gasteiger partial charge in [0.1, 0.15) is 5.52 Å². The van der Waals surface area contributed by atoms with Gasteiger partial charge < -0.3 is 10.1 Å². The number of carbonyl (C=O) groups excluding carboxylic acids is 2. The molecule has 8 heteroatoms. The third-order valence-electron chi connectivity index (χ3n) is 4.32. The number of benzene rings is 2. The largest absolute Gasteiger partial charge is 0.462 e. The summed E-state index contributed by atoms with van der Waals surface area (Å²) >= 11 is 0. The van der Waals surface area contributed by atoms with Crippen molar-refractivity contribution in [2.75, 3.05) is 11.9 Å². The maximum atomic E-state index is 12.4. The van der Waals surface area contributed by atoms with Gasteiger partial charge in [0.2, 0.25) is 5.91 Å². The van der Waals surface area contributed by atoms with E-state index in [0.29, 0.717) is 28.8 Å². The monoisotopic (exact) mass is 394 g/mol. The molecule has 1 N–H and O–H groups in total. The number of nitrogens with zero attached hydrogens (tertiary/aromatic N) is 3. The number of ether oxygens (including phenoxy) is 1. The van der Waals surface area contributed by atoms with Gasteiger partial charge in [-0.1, -0.05) is 30.7 Å². The Kier molecular flexibility index (Phi) is 6.67. The van der Waals surface area contributed by atoms with E-state index >= 15 is 0 Å². The van der Waals surface area contributed by atoms with Crippen LogP contribution in [0.25, 0.3) is 10.9 Å². The van der Waals surface area contributed by atoms with Crippen molar-refractivity contribution in [3.05, 3.63) is 64.4 Å². The number of nitrogens with one attached hydrogen (secondary N) is 1. The lowest BCUT2D eigenvalue weighted by molar-refractivity contribution is -0.116. The highest BCUT2D eigenvalue weighted by molar-refractivity contribution is 5.93. The van der Waals surface area contributed by atoms with Crippen LogP contribution in [0.2, 0.25) is 0 Å². The van der Waals surface area contributed by atoms with Crippen molar-refractivity contribution in [1.29, 1.82) is 0 Å². The van der Waals surface area contributed by atoms with Crippen LogP contribution in [0.1, 0.15) is 36.5 Å². The molecule has 3 aromatic rings. The number of anilines is 1. The number of rotatable bonds is 8. The highest BCUT2D eigenvalue weighted by atomic mass is 16.5. The highest BCUT2D eigenvalue weighted by Crippen LogP contribution is 2.11.